The largest absolute Gasteiger partial charge is 0.494 e. The molecule has 7 heteroatoms. The molecule has 3 rings (SSSR count). The molecule has 122 valence electrons. The third kappa shape index (κ3) is 4.35. The van der Waals surface area contributed by atoms with Crippen molar-refractivity contribution < 1.29 is 4.74 Å². The van der Waals surface area contributed by atoms with Gasteiger partial charge in [0, 0.05) is 12.4 Å². The topological polar surface area (TPSA) is 26.5 Å². The molecule has 23 heavy (non-hydrogen) atoms. The number of ether oxygens (including phenoxy) is 1. The third-order valence-corrected chi connectivity index (χ3v) is 5.69. The highest BCUT2D eigenvalue weighted by Gasteiger charge is 2.07. The first-order valence-electron chi connectivity index (χ1n) is 6.85. The number of nitrogens with zero attached hydrogens (tertiary/aromatic N) is 2. The van der Waals surface area contributed by atoms with E-state index in [-0.39, 0.29) is 17.0 Å². The maximum atomic E-state index is 5.45. The van der Waals surface area contributed by atoms with E-state index in [1.807, 2.05) is 38.2 Å². The van der Waals surface area contributed by atoms with Crippen molar-refractivity contribution in [3.8, 4) is 16.3 Å². The highest BCUT2D eigenvalue weighted by molar-refractivity contribution is 9.11. The van der Waals surface area contributed by atoms with Crippen LogP contribution in [0.5, 0.6) is 5.75 Å². The number of thiophene rings is 1. The van der Waals surface area contributed by atoms with Gasteiger partial charge < -0.3 is 9.30 Å². The van der Waals surface area contributed by atoms with Crippen LogP contribution in [-0.2, 0) is 7.05 Å². The second kappa shape index (κ2) is 8.28. The summed E-state index contributed by atoms with van der Waals surface area (Å²) in [6.45, 7) is 2.66. The zero-order valence-corrected chi connectivity index (χ0v) is 17.6. The maximum absolute atomic E-state index is 5.45. The minimum Gasteiger partial charge on any atom is -0.494 e. The number of hydrogen-bond donors (Lipinski definition) is 0. The summed E-state index contributed by atoms with van der Waals surface area (Å²) >= 11 is 6.88. The predicted molar refractivity (Wildman–Crippen MR) is 107 cm³/mol. The van der Waals surface area contributed by atoms with Crippen LogP contribution in [0.4, 0.5) is 5.69 Å². The van der Waals surface area contributed by atoms with Crippen molar-refractivity contribution in [1.82, 2.24) is 4.57 Å². The monoisotopic (exact) mass is 474 g/mol. The number of aromatic nitrogens is 1. The zero-order valence-electron chi connectivity index (χ0n) is 12.7. The van der Waals surface area contributed by atoms with Gasteiger partial charge in [-0.3, -0.25) is 0 Å². The second-order valence-electron chi connectivity index (χ2n) is 4.61. The van der Waals surface area contributed by atoms with E-state index in [2.05, 4.69) is 38.0 Å². The zero-order chi connectivity index (χ0) is 15.5. The van der Waals surface area contributed by atoms with E-state index in [9.17, 15) is 0 Å². The Morgan fingerprint density at radius 2 is 1.91 bits per heavy atom. The quantitative estimate of drug-likeness (QED) is 0.469. The molecule has 0 bridgehead atoms. The fraction of sp³-hybridized carbons (Fsp3) is 0.188. The van der Waals surface area contributed by atoms with Crippen LogP contribution >= 0.6 is 55.6 Å². The molecule has 0 amide bonds. The average Bonchev–Trinajstić information content (AvgIpc) is 3.08. The third-order valence-electron chi connectivity index (χ3n) is 3.12. The number of hydrogen-bond acceptors (Lipinski definition) is 4. The molecule has 0 aliphatic rings. The van der Waals surface area contributed by atoms with Gasteiger partial charge in [-0.1, -0.05) is 0 Å². The molecule has 3 aromatic rings. The molecular weight excluding hydrogens is 460 g/mol. The van der Waals surface area contributed by atoms with Crippen molar-refractivity contribution in [2.45, 2.75) is 6.92 Å². The van der Waals surface area contributed by atoms with E-state index in [0.717, 1.165) is 20.0 Å². The first-order chi connectivity index (χ1) is 10.7. The molecule has 0 spiro atoms. The molecule has 2 heterocycles. The molecule has 0 aliphatic carbocycles. The fourth-order valence-corrected chi connectivity index (χ4v) is 4.47. The molecule has 1 aromatic carbocycles. The van der Waals surface area contributed by atoms with E-state index in [1.54, 1.807) is 22.7 Å². The van der Waals surface area contributed by atoms with Gasteiger partial charge in [-0.2, -0.15) is 0 Å². The maximum Gasteiger partial charge on any atom is 0.190 e. The molecule has 0 radical (unpaired) electrons. The predicted octanol–water partition coefficient (Wildman–Crippen LogP) is 5.79. The highest BCUT2D eigenvalue weighted by atomic mass is 79.9. The molecular formula is C16H16Br2N2OS2. The van der Waals surface area contributed by atoms with Gasteiger partial charge in [0.1, 0.15) is 5.75 Å². The van der Waals surface area contributed by atoms with Crippen LogP contribution in [0.1, 0.15) is 6.92 Å². The van der Waals surface area contributed by atoms with E-state index in [4.69, 9.17) is 9.73 Å². The van der Waals surface area contributed by atoms with Crippen molar-refractivity contribution in [3.63, 3.8) is 0 Å². The molecule has 2 aromatic heterocycles. The smallest absolute Gasteiger partial charge is 0.190 e. The van der Waals surface area contributed by atoms with E-state index >= 15 is 0 Å². The van der Waals surface area contributed by atoms with Gasteiger partial charge in [-0.15, -0.1) is 39.7 Å². The SMILES string of the molecule is Br.CCOc1ccc(N=c2scc(-c3ccc(Br)s3)n2C)cc1. The average molecular weight is 476 g/mol. The number of halogens is 2. The van der Waals surface area contributed by atoms with Gasteiger partial charge in [0.2, 0.25) is 0 Å². The Hall–Kier alpha value is -0.890. The molecule has 0 saturated carbocycles. The summed E-state index contributed by atoms with van der Waals surface area (Å²) in [4.78, 5) is 6.92. The van der Waals surface area contributed by atoms with Crippen LogP contribution in [-0.4, -0.2) is 11.2 Å². The first kappa shape index (κ1) is 18.4. The number of thiazole rings is 1. The van der Waals surface area contributed by atoms with Crippen LogP contribution in [0.15, 0.2) is 50.6 Å². The standard InChI is InChI=1S/C16H15BrN2OS2.BrH/c1-3-20-12-6-4-11(5-7-12)18-16-19(2)13(10-21-16)14-8-9-15(17)22-14;/h4-10H,3H2,1-2H3;1H. The molecule has 0 N–H and O–H groups in total. The molecule has 0 atom stereocenters. The minimum absolute atomic E-state index is 0. The Morgan fingerprint density at radius 3 is 2.52 bits per heavy atom. The summed E-state index contributed by atoms with van der Waals surface area (Å²) in [5.41, 5.74) is 2.12. The lowest BCUT2D eigenvalue weighted by Crippen LogP contribution is -2.10. The van der Waals surface area contributed by atoms with Gasteiger partial charge in [-0.25, -0.2) is 4.99 Å². The molecule has 0 fully saturated rings. The first-order valence-corrected chi connectivity index (χ1v) is 9.34. The number of rotatable bonds is 4. The van der Waals surface area contributed by atoms with Gasteiger partial charge in [0.15, 0.2) is 4.80 Å². The van der Waals surface area contributed by atoms with Crippen molar-refractivity contribution in [1.29, 1.82) is 0 Å². The lowest BCUT2D eigenvalue weighted by atomic mass is 10.3. The van der Waals surface area contributed by atoms with Crippen molar-refractivity contribution in [2.75, 3.05) is 6.61 Å². The second-order valence-corrected chi connectivity index (χ2v) is 7.90. The van der Waals surface area contributed by atoms with Crippen molar-refractivity contribution >= 4 is 61.3 Å². The Labute approximate surface area is 162 Å². The minimum atomic E-state index is 0. The van der Waals surface area contributed by atoms with Crippen LogP contribution in [0.25, 0.3) is 10.6 Å². The summed E-state index contributed by atoms with van der Waals surface area (Å²) in [6.07, 6.45) is 0. The summed E-state index contributed by atoms with van der Waals surface area (Å²) in [5.74, 6) is 0.876. The van der Waals surface area contributed by atoms with Gasteiger partial charge in [0.05, 0.1) is 26.7 Å². The fourth-order valence-electron chi connectivity index (χ4n) is 2.04. The van der Waals surface area contributed by atoms with E-state index < -0.39 is 0 Å². The Morgan fingerprint density at radius 1 is 1.17 bits per heavy atom. The Kier molecular flexibility index (Phi) is 6.64. The van der Waals surface area contributed by atoms with Gasteiger partial charge >= 0.3 is 0 Å². The molecule has 0 unspecified atom stereocenters. The van der Waals surface area contributed by atoms with Crippen molar-refractivity contribution in [2.24, 2.45) is 12.0 Å². The van der Waals surface area contributed by atoms with Crippen LogP contribution < -0.4 is 9.54 Å². The Balaban J connectivity index is 0.00000192. The van der Waals surface area contributed by atoms with Crippen molar-refractivity contribution in [3.05, 3.63) is 50.4 Å². The normalized spacial score (nSPS) is 11.3. The van der Waals surface area contributed by atoms with Crippen LogP contribution in [0.2, 0.25) is 0 Å². The summed E-state index contributed by atoms with van der Waals surface area (Å²) in [5, 5.41) is 2.14. The van der Waals surface area contributed by atoms with Crippen LogP contribution in [0, 0.1) is 0 Å². The molecule has 0 aliphatic heterocycles. The molecule has 0 saturated heterocycles. The van der Waals surface area contributed by atoms with E-state index in [0.29, 0.717) is 6.61 Å². The summed E-state index contributed by atoms with van der Waals surface area (Å²) in [6, 6.07) is 12.1. The number of benzene rings is 1. The van der Waals surface area contributed by atoms with Crippen LogP contribution in [0.3, 0.4) is 0 Å². The summed E-state index contributed by atoms with van der Waals surface area (Å²) < 4.78 is 8.71. The highest BCUT2D eigenvalue weighted by Crippen LogP contribution is 2.31. The van der Waals surface area contributed by atoms with E-state index in [1.165, 1.54) is 10.6 Å². The Bertz CT molecular complexity index is 834. The summed E-state index contributed by atoms with van der Waals surface area (Å²) in [7, 11) is 2.05. The van der Waals surface area contributed by atoms with Gasteiger partial charge in [-0.05, 0) is 59.3 Å². The molecule has 3 nitrogen and oxygen atoms in total. The lowest BCUT2D eigenvalue weighted by Gasteiger charge is -2.02. The van der Waals surface area contributed by atoms with Gasteiger partial charge in [0.25, 0.3) is 0 Å². The lowest BCUT2D eigenvalue weighted by molar-refractivity contribution is 0.340.